The van der Waals surface area contributed by atoms with Gasteiger partial charge in [-0.1, -0.05) is 10.8 Å². The number of rotatable bonds is 3. The highest BCUT2D eigenvalue weighted by Crippen LogP contribution is 2.10. The van der Waals surface area contributed by atoms with E-state index in [2.05, 4.69) is 10.2 Å². The fraction of sp³-hybridized carbons (Fsp3) is 0.667. The van der Waals surface area contributed by atoms with E-state index in [1.165, 1.54) is 7.05 Å². The maximum atomic E-state index is 12.5. The van der Waals surface area contributed by atoms with Crippen molar-refractivity contribution in [3.63, 3.8) is 0 Å². The second-order valence-corrected chi connectivity index (χ2v) is 3.89. The van der Waals surface area contributed by atoms with Gasteiger partial charge in [-0.3, -0.25) is 0 Å². The SMILES string of the molecule is CCCc1nnc(S(=O)(=O)F)n1C. The molecule has 0 unspecified atom stereocenters. The zero-order chi connectivity index (χ0) is 10.1. The van der Waals surface area contributed by atoms with Gasteiger partial charge in [-0.15, -0.1) is 10.2 Å². The molecule has 1 heterocycles. The van der Waals surface area contributed by atoms with Crippen molar-refractivity contribution in [2.75, 3.05) is 0 Å². The topological polar surface area (TPSA) is 64.8 Å². The standard InChI is InChI=1S/C6H10FN3O2S/c1-3-4-5-8-9-6(10(5)2)13(7,11)12/h3-4H2,1-2H3. The maximum absolute atomic E-state index is 12.5. The lowest BCUT2D eigenvalue weighted by atomic mass is 10.3. The summed E-state index contributed by atoms with van der Waals surface area (Å²) in [7, 11) is -3.31. The van der Waals surface area contributed by atoms with E-state index in [4.69, 9.17) is 0 Å². The van der Waals surface area contributed by atoms with Crippen LogP contribution in [0.3, 0.4) is 0 Å². The quantitative estimate of drug-likeness (QED) is 0.674. The molecule has 7 heteroatoms. The molecule has 0 aromatic carbocycles. The maximum Gasteiger partial charge on any atom is 0.368 e. The highest BCUT2D eigenvalue weighted by Gasteiger charge is 2.21. The van der Waals surface area contributed by atoms with Crippen molar-refractivity contribution in [3.05, 3.63) is 5.82 Å². The molecule has 0 amide bonds. The molecular formula is C6H10FN3O2S. The third-order valence-electron chi connectivity index (χ3n) is 1.62. The minimum atomic E-state index is -4.74. The van der Waals surface area contributed by atoms with Crippen molar-refractivity contribution < 1.29 is 12.3 Å². The van der Waals surface area contributed by atoms with Crippen LogP contribution in [0, 0.1) is 0 Å². The molecule has 74 valence electrons. The summed E-state index contributed by atoms with van der Waals surface area (Å²) in [6, 6.07) is 0. The lowest BCUT2D eigenvalue weighted by Crippen LogP contribution is -2.05. The first-order valence-corrected chi connectivity index (χ1v) is 5.18. The fourth-order valence-electron chi connectivity index (χ4n) is 0.999. The first-order valence-electron chi connectivity index (χ1n) is 3.79. The van der Waals surface area contributed by atoms with Crippen LogP contribution in [0.5, 0.6) is 0 Å². The van der Waals surface area contributed by atoms with Crippen LogP contribution in [0.15, 0.2) is 5.16 Å². The van der Waals surface area contributed by atoms with Crippen molar-refractivity contribution >= 4 is 10.2 Å². The van der Waals surface area contributed by atoms with Gasteiger partial charge in [0.25, 0.3) is 5.16 Å². The van der Waals surface area contributed by atoms with E-state index >= 15 is 0 Å². The molecule has 13 heavy (non-hydrogen) atoms. The number of halogens is 1. The highest BCUT2D eigenvalue weighted by atomic mass is 32.3. The summed E-state index contributed by atoms with van der Waals surface area (Å²) in [4.78, 5) is 0. The molecule has 0 fully saturated rings. The molecule has 0 N–H and O–H groups in total. The minimum absolute atomic E-state index is 0.471. The van der Waals surface area contributed by atoms with Gasteiger partial charge in [-0.25, -0.2) is 0 Å². The third-order valence-corrected chi connectivity index (χ3v) is 2.41. The smallest absolute Gasteiger partial charge is 0.303 e. The van der Waals surface area contributed by atoms with Crippen LogP contribution in [-0.4, -0.2) is 23.2 Å². The Labute approximate surface area is 75.8 Å². The van der Waals surface area contributed by atoms with Gasteiger partial charge in [-0.2, -0.15) is 8.42 Å². The van der Waals surface area contributed by atoms with Crippen LogP contribution >= 0.6 is 0 Å². The van der Waals surface area contributed by atoms with Crippen molar-refractivity contribution in [2.45, 2.75) is 24.9 Å². The second-order valence-electron chi connectivity index (χ2n) is 2.65. The van der Waals surface area contributed by atoms with E-state index in [9.17, 15) is 12.3 Å². The monoisotopic (exact) mass is 207 g/mol. The van der Waals surface area contributed by atoms with Gasteiger partial charge in [-0.05, 0) is 6.42 Å². The Hall–Kier alpha value is -0.980. The molecule has 0 saturated carbocycles. The van der Waals surface area contributed by atoms with Gasteiger partial charge in [0.2, 0.25) is 0 Å². The van der Waals surface area contributed by atoms with Crippen LogP contribution in [-0.2, 0) is 23.7 Å². The van der Waals surface area contributed by atoms with Crippen LogP contribution in [0.4, 0.5) is 3.89 Å². The summed E-state index contributed by atoms with van der Waals surface area (Å²) >= 11 is 0. The van der Waals surface area contributed by atoms with Crippen LogP contribution in [0.25, 0.3) is 0 Å². The van der Waals surface area contributed by atoms with Gasteiger partial charge in [0.15, 0.2) is 0 Å². The zero-order valence-corrected chi connectivity index (χ0v) is 8.18. The molecule has 0 saturated heterocycles. The number of nitrogens with zero attached hydrogens (tertiary/aromatic N) is 3. The van der Waals surface area contributed by atoms with E-state index in [0.717, 1.165) is 11.0 Å². The van der Waals surface area contributed by atoms with Gasteiger partial charge in [0, 0.05) is 13.5 Å². The van der Waals surface area contributed by atoms with Crippen molar-refractivity contribution in [2.24, 2.45) is 7.05 Å². The molecule has 0 aliphatic carbocycles. The Morgan fingerprint density at radius 3 is 2.46 bits per heavy atom. The van der Waals surface area contributed by atoms with Gasteiger partial charge < -0.3 is 4.57 Å². The van der Waals surface area contributed by atoms with Gasteiger partial charge >= 0.3 is 10.2 Å². The van der Waals surface area contributed by atoms with Gasteiger partial charge in [0.1, 0.15) is 5.82 Å². The van der Waals surface area contributed by atoms with Crippen molar-refractivity contribution in [3.8, 4) is 0 Å². The summed E-state index contributed by atoms with van der Waals surface area (Å²) in [6.07, 6.45) is 1.39. The molecule has 0 aliphatic rings. The average molecular weight is 207 g/mol. The van der Waals surface area contributed by atoms with E-state index in [0.29, 0.717) is 12.2 Å². The summed E-state index contributed by atoms with van der Waals surface area (Å²) in [5.74, 6) is 0.471. The molecule has 0 aliphatic heterocycles. The molecule has 5 nitrogen and oxygen atoms in total. The predicted molar refractivity (Wildman–Crippen MR) is 43.3 cm³/mol. The van der Waals surface area contributed by atoms with Crippen molar-refractivity contribution in [1.82, 2.24) is 14.8 Å². The van der Waals surface area contributed by atoms with Gasteiger partial charge in [0.05, 0.1) is 0 Å². The third kappa shape index (κ3) is 2.03. The molecule has 1 aromatic rings. The van der Waals surface area contributed by atoms with Crippen LogP contribution < -0.4 is 0 Å². The lowest BCUT2D eigenvalue weighted by Gasteiger charge is -1.98. The van der Waals surface area contributed by atoms with E-state index in [-0.39, 0.29) is 0 Å². The second kappa shape index (κ2) is 3.41. The van der Waals surface area contributed by atoms with Crippen LogP contribution in [0.1, 0.15) is 19.2 Å². The minimum Gasteiger partial charge on any atom is -0.303 e. The Balaban J connectivity index is 3.14. The summed E-state index contributed by atoms with van der Waals surface area (Å²) < 4.78 is 34.6. The average Bonchev–Trinajstić information content (AvgIpc) is 2.32. The molecule has 0 bridgehead atoms. The number of aromatic nitrogens is 3. The zero-order valence-electron chi connectivity index (χ0n) is 7.36. The Morgan fingerprint density at radius 1 is 1.46 bits per heavy atom. The first kappa shape index (κ1) is 10.1. The Kier molecular flexibility index (Phi) is 2.65. The van der Waals surface area contributed by atoms with E-state index < -0.39 is 15.4 Å². The highest BCUT2D eigenvalue weighted by molar-refractivity contribution is 7.86. The Morgan fingerprint density at radius 2 is 2.08 bits per heavy atom. The normalized spacial score (nSPS) is 11.9. The lowest BCUT2D eigenvalue weighted by molar-refractivity contribution is 0.532. The molecule has 0 atom stereocenters. The summed E-state index contributed by atoms with van der Waals surface area (Å²) in [5, 5.41) is 6.19. The molecular weight excluding hydrogens is 197 g/mol. The number of aryl methyl sites for hydroxylation is 1. The van der Waals surface area contributed by atoms with Crippen molar-refractivity contribution in [1.29, 1.82) is 0 Å². The molecule has 1 rings (SSSR count). The molecule has 1 aromatic heterocycles. The van der Waals surface area contributed by atoms with E-state index in [1.54, 1.807) is 0 Å². The largest absolute Gasteiger partial charge is 0.368 e. The van der Waals surface area contributed by atoms with Crippen LogP contribution in [0.2, 0.25) is 0 Å². The Bertz CT molecular complexity index is 398. The summed E-state index contributed by atoms with van der Waals surface area (Å²) in [6.45, 7) is 1.91. The number of hydrogen-bond donors (Lipinski definition) is 0. The molecule has 0 radical (unpaired) electrons. The first-order chi connectivity index (χ1) is 5.96. The molecule has 0 spiro atoms. The predicted octanol–water partition coefficient (Wildman–Crippen LogP) is 0.426. The number of hydrogen-bond acceptors (Lipinski definition) is 4. The summed E-state index contributed by atoms with van der Waals surface area (Å²) in [5.41, 5.74) is 0. The van der Waals surface area contributed by atoms with E-state index in [1.807, 2.05) is 6.92 Å². The fourth-order valence-corrected chi connectivity index (χ4v) is 1.57.